The molecule has 0 fully saturated rings. The van der Waals surface area contributed by atoms with Gasteiger partial charge >= 0.3 is 5.97 Å². The standard InChI is InChI=1S/C20H22N2O4S/c1-13-8-10-16(11-9-13)21-17(23)12-27-14(2)19(24)22-18(20(25)26)15-6-4-3-5-7-15/h3-11,14,18H,12H2,1-2H3,(H,21,23)(H,22,24)(H,25,26)/t14?,18-/m1/s1. The maximum atomic E-state index is 12.3. The number of amides is 2. The van der Waals surface area contributed by atoms with Crippen molar-refractivity contribution < 1.29 is 19.5 Å². The van der Waals surface area contributed by atoms with Crippen molar-refractivity contribution in [2.75, 3.05) is 11.1 Å². The number of rotatable bonds is 8. The molecule has 2 aromatic rings. The van der Waals surface area contributed by atoms with E-state index >= 15 is 0 Å². The first kappa shape index (κ1) is 20.5. The minimum absolute atomic E-state index is 0.0888. The summed E-state index contributed by atoms with van der Waals surface area (Å²) < 4.78 is 0. The van der Waals surface area contributed by atoms with E-state index in [-0.39, 0.29) is 11.7 Å². The van der Waals surface area contributed by atoms with Crippen LogP contribution in [0.25, 0.3) is 0 Å². The number of benzene rings is 2. The van der Waals surface area contributed by atoms with Crippen LogP contribution in [0.15, 0.2) is 54.6 Å². The van der Waals surface area contributed by atoms with Crippen LogP contribution in [0.5, 0.6) is 0 Å². The van der Waals surface area contributed by atoms with Gasteiger partial charge in [-0.25, -0.2) is 4.79 Å². The van der Waals surface area contributed by atoms with Crippen LogP contribution in [0.3, 0.4) is 0 Å². The van der Waals surface area contributed by atoms with Gasteiger partial charge in [0, 0.05) is 5.69 Å². The Kier molecular flexibility index (Phi) is 7.43. The van der Waals surface area contributed by atoms with Crippen LogP contribution in [0, 0.1) is 6.92 Å². The van der Waals surface area contributed by atoms with Crippen molar-refractivity contribution in [2.24, 2.45) is 0 Å². The molecule has 0 aromatic heterocycles. The first-order chi connectivity index (χ1) is 12.9. The molecule has 2 amide bonds. The number of carboxylic acid groups (broad SMARTS) is 1. The maximum Gasteiger partial charge on any atom is 0.330 e. The summed E-state index contributed by atoms with van der Waals surface area (Å²) in [4.78, 5) is 35.8. The summed E-state index contributed by atoms with van der Waals surface area (Å²) >= 11 is 1.15. The Bertz CT molecular complexity index is 793. The summed E-state index contributed by atoms with van der Waals surface area (Å²) in [5.41, 5.74) is 2.28. The summed E-state index contributed by atoms with van der Waals surface area (Å²) in [7, 11) is 0. The Morgan fingerprint density at radius 1 is 1.04 bits per heavy atom. The van der Waals surface area contributed by atoms with Crippen LogP contribution in [-0.2, 0) is 14.4 Å². The lowest BCUT2D eigenvalue weighted by atomic mass is 10.1. The lowest BCUT2D eigenvalue weighted by Gasteiger charge is -2.18. The molecule has 0 saturated heterocycles. The van der Waals surface area contributed by atoms with E-state index in [1.54, 1.807) is 37.3 Å². The average Bonchev–Trinajstić information content (AvgIpc) is 2.66. The molecule has 0 bridgehead atoms. The summed E-state index contributed by atoms with van der Waals surface area (Å²) in [5.74, 6) is -1.70. The molecule has 0 saturated carbocycles. The third kappa shape index (κ3) is 6.45. The van der Waals surface area contributed by atoms with Gasteiger partial charge in [-0.05, 0) is 31.5 Å². The summed E-state index contributed by atoms with van der Waals surface area (Å²) in [6.45, 7) is 3.60. The second kappa shape index (κ2) is 9.78. The van der Waals surface area contributed by atoms with E-state index in [4.69, 9.17) is 0 Å². The van der Waals surface area contributed by atoms with Gasteiger partial charge < -0.3 is 15.7 Å². The van der Waals surface area contributed by atoms with E-state index in [1.807, 2.05) is 31.2 Å². The van der Waals surface area contributed by atoms with E-state index in [0.29, 0.717) is 11.3 Å². The minimum Gasteiger partial charge on any atom is -0.479 e. The fraction of sp³-hybridized carbons (Fsp3) is 0.250. The number of hydrogen-bond donors (Lipinski definition) is 3. The van der Waals surface area contributed by atoms with Crippen molar-refractivity contribution in [1.29, 1.82) is 0 Å². The molecule has 0 aliphatic rings. The number of nitrogens with one attached hydrogen (secondary N) is 2. The van der Waals surface area contributed by atoms with Crippen molar-refractivity contribution >= 4 is 35.2 Å². The molecular weight excluding hydrogens is 364 g/mol. The van der Waals surface area contributed by atoms with Crippen molar-refractivity contribution in [3.05, 3.63) is 65.7 Å². The topological polar surface area (TPSA) is 95.5 Å². The molecule has 6 nitrogen and oxygen atoms in total. The SMILES string of the molecule is Cc1ccc(NC(=O)CSC(C)C(=O)N[C@@H](C(=O)O)c2ccccc2)cc1. The Hall–Kier alpha value is -2.80. The summed E-state index contributed by atoms with van der Waals surface area (Å²) in [6.07, 6.45) is 0. The average molecular weight is 386 g/mol. The number of aryl methyl sites for hydroxylation is 1. The molecule has 0 heterocycles. The van der Waals surface area contributed by atoms with Gasteiger partial charge in [-0.15, -0.1) is 11.8 Å². The van der Waals surface area contributed by atoms with Gasteiger partial charge in [0.1, 0.15) is 0 Å². The molecule has 2 aromatic carbocycles. The van der Waals surface area contributed by atoms with Crippen molar-refractivity contribution in [3.8, 4) is 0 Å². The molecule has 2 atom stereocenters. The van der Waals surface area contributed by atoms with Gasteiger partial charge in [0.15, 0.2) is 6.04 Å². The van der Waals surface area contributed by atoms with Gasteiger partial charge in [0.2, 0.25) is 11.8 Å². The zero-order valence-corrected chi connectivity index (χ0v) is 16.0. The monoisotopic (exact) mass is 386 g/mol. The molecule has 0 radical (unpaired) electrons. The number of carbonyl (C=O) groups is 3. The Morgan fingerprint density at radius 3 is 2.26 bits per heavy atom. The molecular formula is C20H22N2O4S. The van der Waals surface area contributed by atoms with Gasteiger partial charge in [0.25, 0.3) is 0 Å². The number of hydrogen-bond acceptors (Lipinski definition) is 4. The minimum atomic E-state index is -1.14. The van der Waals surface area contributed by atoms with Crippen LogP contribution < -0.4 is 10.6 Å². The third-order valence-electron chi connectivity index (χ3n) is 3.84. The highest BCUT2D eigenvalue weighted by molar-refractivity contribution is 8.01. The van der Waals surface area contributed by atoms with E-state index in [1.165, 1.54) is 0 Å². The van der Waals surface area contributed by atoms with Crippen LogP contribution in [0.1, 0.15) is 24.1 Å². The second-order valence-electron chi connectivity index (χ2n) is 6.06. The fourth-order valence-electron chi connectivity index (χ4n) is 2.30. The zero-order valence-electron chi connectivity index (χ0n) is 15.1. The quantitative estimate of drug-likeness (QED) is 0.648. The molecule has 0 aliphatic carbocycles. The van der Waals surface area contributed by atoms with Crippen molar-refractivity contribution in [3.63, 3.8) is 0 Å². The molecule has 0 aliphatic heterocycles. The largest absolute Gasteiger partial charge is 0.479 e. The van der Waals surface area contributed by atoms with Gasteiger partial charge in [-0.1, -0.05) is 48.0 Å². The van der Waals surface area contributed by atoms with Gasteiger partial charge in [-0.2, -0.15) is 0 Å². The normalized spacial score (nSPS) is 12.7. The smallest absolute Gasteiger partial charge is 0.330 e. The van der Waals surface area contributed by atoms with Gasteiger partial charge in [0.05, 0.1) is 11.0 Å². The first-order valence-corrected chi connectivity index (χ1v) is 9.48. The highest BCUT2D eigenvalue weighted by Crippen LogP contribution is 2.17. The lowest BCUT2D eigenvalue weighted by Crippen LogP contribution is -2.38. The van der Waals surface area contributed by atoms with Crippen LogP contribution in [-0.4, -0.2) is 33.9 Å². The van der Waals surface area contributed by atoms with E-state index in [2.05, 4.69) is 10.6 Å². The van der Waals surface area contributed by atoms with Crippen molar-refractivity contribution in [1.82, 2.24) is 5.32 Å². The third-order valence-corrected chi connectivity index (χ3v) is 4.98. The molecule has 2 rings (SSSR count). The van der Waals surface area contributed by atoms with E-state index in [0.717, 1.165) is 17.3 Å². The Balaban J connectivity index is 1.86. The predicted octanol–water partition coefficient (Wildman–Crippen LogP) is 3.00. The van der Waals surface area contributed by atoms with Crippen LogP contribution in [0.2, 0.25) is 0 Å². The highest BCUT2D eigenvalue weighted by Gasteiger charge is 2.25. The molecule has 0 spiro atoms. The predicted molar refractivity (Wildman–Crippen MR) is 107 cm³/mol. The lowest BCUT2D eigenvalue weighted by molar-refractivity contribution is -0.141. The number of anilines is 1. The molecule has 27 heavy (non-hydrogen) atoms. The fourth-order valence-corrected chi connectivity index (χ4v) is 3.00. The Labute approximate surface area is 162 Å². The molecule has 1 unspecified atom stereocenters. The molecule has 142 valence electrons. The summed E-state index contributed by atoms with van der Waals surface area (Å²) in [6, 6.07) is 14.8. The van der Waals surface area contributed by atoms with Gasteiger partial charge in [-0.3, -0.25) is 9.59 Å². The van der Waals surface area contributed by atoms with Crippen LogP contribution >= 0.6 is 11.8 Å². The zero-order chi connectivity index (χ0) is 19.8. The number of thioether (sulfide) groups is 1. The maximum absolute atomic E-state index is 12.3. The van der Waals surface area contributed by atoms with E-state index < -0.39 is 23.2 Å². The highest BCUT2D eigenvalue weighted by atomic mass is 32.2. The number of aliphatic carboxylic acids is 1. The molecule has 7 heteroatoms. The number of carboxylic acids is 1. The van der Waals surface area contributed by atoms with Crippen LogP contribution in [0.4, 0.5) is 5.69 Å². The first-order valence-electron chi connectivity index (χ1n) is 8.43. The van der Waals surface area contributed by atoms with Crippen molar-refractivity contribution in [2.45, 2.75) is 25.1 Å². The summed E-state index contributed by atoms with van der Waals surface area (Å²) in [5, 5.41) is 14.1. The number of carbonyl (C=O) groups excluding carboxylic acids is 2. The molecule has 3 N–H and O–H groups in total. The Morgan fingerprint density at radius 2 is 1.67 bits per heavy atom. The van der Waals surface area contributed by atoms with E-state index in [9.17, 15) is 19.5 Å². The second-order valence-corrected chi connectivity index (χ2v) is 7.39.